The fourth-order valence-corrected chi connectivity index (χ4v) is 1.77. The van der Waals surface area contributed by atoms with Gasteiger partial charge in [-0.05, 0) is 25.2 Å². The summed E-state index contributed by atoms with van der Waals surface area (Å²) in [7, 11) is 0. The Balaban J connectivity index is 2.38. The molecule has 0 heterocycles. The number of aliphatic hydroxyl groups is 1. The standard InChI is InChI=1S/C10H18O/c1-2-6-10(11)9-7-4-3-5-8-9/h2,9-11H,1,3-8H2/t10-/m0/s1/i6D/t6-,10+/m1. The molecule has 11 heavy (non-hydrogen) atoms. The Kier molecular flexibility index (Phi) is 3.04. The average molecular weight is 155 g/mol. The van der Waals surface area contributed by atoms with Gasteiger partial charge < -0.3 is 5.11 Å². The van der Waals surface area contributed by atoms with Gasteiger partial charge in [-0.2, -0.15) is 0 Å². The third-order valence-electron chi connectivity index (χ3n) is 2.47. The second kappa shape index (κ2) is 4.55. The fraction of sp³-hybridized carbons (Fsp3) is 0.800. The van der Waals surface area contributed by atoms with Gasteiger partial charge in [-0.15, -0.1) is 6.58 Å². The van der Waals surface area contributed by atoms with E-state index < -0.39 is 12.5 Å². The summed E-state index contributed by atoms with van der Waals surface area (Å²) in [6.07, 6.45) is 6.45. The van der Waals surface area contributed by atoms with Crippen molar-refractivity contribution >= 4 is 0 Å². The summed E-state index contributed by atoms with van der Waals surface area (Å²) < 4.78 is 7.49. The zero-order valence-electron chi connectivity index (χ0n) is 8.00. The van der Waals surface area contributed by atoms with E-state index in [1.165, 1.54) is 25.3 Å². The van der Waals surface area contributed by atoms with Gasteiger partial charge in [0.15, 0.2) is 0 Å². The fourth-order valence-electron chi connectivity index (χ4n) is 1.77. The lowest BCUT2D eigenvalue weighted by atomic mass is 9.84. The smallest absolute Gasteiger partial charge is 0.0602 e. The molecule has 1 saturated carbocycles. The van der Waals surface area contributed by atoms with Gasteiger partial charge in [0, 0.05) is 1.37 Å². The van der Waals surface area contributed by atoms with Gasteiger partial charge in [-0.25, -0.2) is 0 Å². The van der Waals surface area contributed by atoms with Crippen molar-refractivity contribution in [2.75, 3.05) is 0 Å². The highest BCUT2D eigenvalue weighted by molar-refractivity contribution is 4.79. The maximum atomic E-state index is 9.68. The first kappa shape index (κ1) is 7.35. The molecule has 0 aliphatic heterocycles. The maximum Gasteiger partial charge on any atom is 0.0602 e. The van der Waals surface area contributed by atoms with E-state index in [0.717, 1.165) is 12.8 Å². The van der Waals surface area contributed by atoms with Gasteiger partial charge in [-0.3, -0.25) is 0 Å². The minimum Gasteiger partial charge on any atom is -0.393 e. The van der Waals surface area contributed by atoms with Gasteiger partial charge in [0.1, 0.15) is 0 Å². The van der Waals surface area contributed by atoms with E-state index >= 15 is 0 Å². The Morgan fingerprint density at radius 1 is 1.55 bits per heavy atom. The molecular formula is C10H18O. The predicted molar refractivity (Wildman–Crippen MR) is 47.4 cm³/mol. The quantitative estimate of drug-likeness (QED) is 0.621. The Bertz CT molecular complexity index is 141. The molecule has 0 saturated heterocycles. The largest absolute Gasteiger partial charge is 0.393 e. The average Bonchev–Trinajstić information content (AvgIpc) is 2.17. The van der Waals surface area contributed by atoms with Crippen LogP contribution in [0.3, 0.4) is 0 Å². The summed E-state index contributed by atoms with van der Waals surface area (Å²) >= 11 is 0. The monoisotopic (exact) mass is 155 g/mol. The topological polar surface area (TPSA) is 20.2 Å². The molecule has 0 amide bonds. The predicted octanol–water partition coefficient (Wildman–Crippen LogP) is 2.50. The molecule has 0 aromatic rings. The van der Waals surface area contributed by atoms with E-state index in [2.05, 4.69) is 6.58 Å². The molecule has 0 unspecified atom stereocenters. The zero-order valence-corrected chi connectivity index (χ0v) is 7.00. The number of rotatable bonds is 3. The van der Waals surface area contributed by atoms with Crippen LogP contribution in [0.25, 0.3) is 0 Å². The van der Waals surface area contributed by atoms with Crippen molar-refractivity contribution in [1.82, 2.24) is 0 Å². The SMILES string of the molecule is [2H][C@H](C=C)[C@H](O)C1CCCCC1. The molecule has 2 atom stereocenters. The molecule has 64 valence electrons. The first-order valence-corrected chi connectivity index (χ1v) is 4.48. The Morgan fingerprint density at radius 2 is 2.18 bits per heavy atom. The van der Waals surface area contributed by atoms with Crippen LogP contribution in [0.5, 0.6) is 0 Å². The van der Waals surface area contributed by atoms with Crippen LogP contribution in [0.2, 0.25) is 0 Å². The molecule has 0 bridgehead atoms. The lowest BCUT2D eigenvalue weighted by Gasteiger charge is -2.25. The van der Waals surface area contributed by atoms with Crippen LogP contribution in [-0.2, 0) is 0 Å². The highest BCUT2D eigenvalue weighted by Gasteiger charge is 2.19. The lowest BCUT2D eigenvalue weighted by molar-refractivity contribution is 0.0874. The molecular weight excluding hydrogens is 136 g/mol. The number of aliphatic hydroxyl groups excluding tert-OH is 1. The molecule has 1 N–H and O–H groups in total. The summed E-state index contributed by atoms with van der Waals surface area (Å²) in [5.41, 5.74) is 0. The minimum absolute atomic E-state index is 0.347. The van der Waals surface area contributed by atoms with Crippen molar-refractivity contribution in [3.8, 4) is 0 Å². The van der Waals surface area contributed by atoms with Crippen LogP contribution in [0.4, 0.5) is 0 Å². The van der Waals surface area contributed by atoms with Crippen LogP contribution in [-0.4, -0.2) is 11.2 Å². The van der Waals surface area contributed by atoms with Crippen LogP contribution in [0.1, 0.15) is 39.9 Å². The molecule has 1 aliphatic rings. The third kappa shape index (κ3) is 2.66. The second-order valence-electron chi connectivity index (χ2n) is 3.32. The first-order valence-electron chi connectivity index (χ1n) is 5.06. The van der Waals surface area contributed by atoms with Crippen molar-refractivity contribution in [3.63, 3.8) is 0 Å². The van der Waals surface area contributed by atoms with E-state index in [-0.39, 0.29) is 0 Å². The van der Waals surface area contributed by atoms with Crippen molar-refractivity contribution in [1.29, 1.82) is 0 Å². The Labute approximate surface area is 70.5 Å². The Morgan fingerprint density at radius 3 is 2.73 bits per heavy atom. The zero-order chi connectivity index (χ0) is 8.97. The van der Waals surface area contributed by atoms with Crippen molar-refractivity contribution in [2.45, 2.75) is 44.6 Å². The van der Waals surface area contributed by atoms with E-state index in [1.54, 1.807) is 0 Å². The van der Waals surface area contributed by atoms with E-state index in [4.69, 9.17) is 1.37 Å². The molecule has 1 aliphatic carbocycles. The number of hydrogen-bond donors (Lipinski definition) is 1. The Hall–Kier alpha value is -0.300. The van der Waals surface area contributed by atoms with E-state index in [0.29, 0.717) is 5.92 Å². The molecule has 1 nitrogen and oxygen atoms in total. The second-order valence-corrected chi connectivity index (χ2v) is 3.32. The first-order chi connectivity index (χ1) is 5.75. The summed E-state index contributed by atoms with van der Waals surface area (Å²) in [5.74, 6) is 0.347. The van der Waals surface area contributed by atoms with Gasteiger partial charge >= 0.3 is 0 Å². The van der Waals surface area contributed by atoms with Crippen molar-refractivity contribution in [3.05, 3.63) is 12.7 Å². The van der Waals surface area contributed by atoms with Gasteiger partial charge in [0.2, 0.25) is 0 Å². The molecule has 0 aromatic carbocycles. The maximum absolute atomic E-state index is 9.68. The molecule has 0 aromatic heterocycles. The van der Waals surface area contributed by atoms with Gasteiger partial charge in [0.05, 0.1) is 6.10 Å². The van der Waals surface area contributed by atoms with Crippen molar-refractivity contribution in [2.24, 2.45) is 5.92 Å². The van der Waals surface area contributed by atoms with Crippen LogP contribution < -0.4 is 0 Å². The van der Waals surface area contributed by atoms with Crippen LogP contribution in [0.15, 0.2) is 12.7 Å². The van der Waals surface area contributed by atoms with E-state index in [1.807, 2.05) is 0 Å². The van der Waals surface area contributed by atoms with E-state index in [9.17, 15) is 5.11 Å². The highest BCUT2D eigenvalue weighted by atomic mass is 16.3. The minimum atomic E-state index is -0.493. The summed E-state index contributed by atoms with van der Waals surface area (Å²) in [6.45, 7) is 3.53. The molecule has 1 fully saturated rings. The summed E-state index contributed by atoms with van der Waals surface area (Å²) in [4.78, 5) is 0. The van der Waals surface area contributed by atoms with Crippen LogP contribution >= 0.6 is 0 Å². The normalized spacial score (nSPS) is 27.2. The molecule has 1 rings (SSSR count). The summed E-state index contributed by atoms with van der Waals surface area (Å²) in [6, 6.07) is 0. The summed E-state index contributed by atoms with van der Waals surface area (Å²) in [5, 5.41) is 9.68. The van der Waals surface area contributed by atoms with Crippen molar-refractivity contribution < 1.29 is 6.48 Å². The molecule has 0 radical (unpaired) electrons. The third-order valence-corrected chi connectivity index (χ3v) is 2.47. The lowest BCUT2D eigenvalue weighted by Crippen LogP contribution is -2.21. The van der Waals surface area contributed by atoms with Gasteiger partial charge in [-0.1, -0.05) is 25.3 Å². The van der Waals surface area contributed by atoms with Gasteiger partial charge in [0.25, 0.3) is 0 Å². The van der Waals surface area contributed by atoms with Crippen LogP contribution in [0, 0.1) is 5.92 Å². The molecule has 0 spiro atoms. The molecule has 1 heteroatoms. The number of hydrogen-bond acceptors (Lipinski definition) is 1. The highest BCUT2D eigenvalue weighted by Crippen LogP contribution is 2.27.